The predicted molar refractivity (Wildman–Crippen MR) is 132 cm³/mol. The number of halogens is 7. The molecule has 2 atom stereocenters. The van der Waals surface area contributed by atoms with E-state index in [2.05, 4.69) is 10.1 Å². The average molecular weight is 640 g/mol. The Morgan fingerprint density at radius 2 is 1.79 bits per heavy atom. The number of nitrogens with one attached hydrogen (secondary N) is 1. The van der Waals surface area contributed by atoms with E-state index in [1.54, 1.807) is 0 Å². The molecule has 2 fully saturated rings. The molecule has 226 valence electrons. The van der Waals surface area contributed by atoms with E-state index in [1.165, 1.54) is 6.07 Å². The van der Waals surface area contributed by atoms with Gasteiger partial charge in [-0.2, -0.15) is 31.6 Å². The fourth-order valence-electron chi connectivity index (χ4n) is 4.27. The monoisotopic (exact) mass is 639 g/mol. The summed E-state index contributed by atoms with van der Waals surface area (Å²) in [4.78, 5) is 26.0. The van der Waals surface area contributed by atoms with Crippen LogP contribution in [0.5, 0.6) is 5.75 Å². The Kier molecular flexibility index (Phi) is 8.31. The minimum absolute atomic E-state index is 0.309. The highest BCUT2D eigenvalue weighted by molar-refractivity contribution is 7.92. The number of hydrogen-bond acceptors (Lipinski definition) is 7. The molecule has 17 heteroatoms. The summed E-state index contributed by atoms with van der Waals surface area (Å²) in [7, 11) is -4.50. The maximum Gasteiger partial charge on any atom is 0.422 e. The topological polar surface area (TPSA) is 126 Å². The van der Waals surface area contributed by atoms with E-state index < -0.39 is 91.8 Å². The SMILES string of the molecule is N#CC1(NC(=O)O[C@H]2C[C@@H](S(=O)(=O)c3ccc(OCC(F)(F)F)cc3Cl)CN2C(=O)c2ccccc2C(F)(F)F)CC1. The second-order valence-corrected chi connectivity index (χ2v) is 12.2. The fraction of sp³-hybridized carbons (Fsp3) is 0.400. The van der Waals surface area contributed by atoms with Crippen LogP contribution in [0.4, 0.5) is 31.1 Å². The number of nitriles is 1. The molecule has 0 bridgehead atoms. The van der Waals surface area contributed by atoms with E-state index >= 15 is 0 Å². The standard InChI is InChI=1S/C25H20ClF6N3O6S/c26-18-9-14(40-13-24(27,28)29)5-6-19(18)42(38,39)15-10-20(41-22(37)34-23(12-33)7-8-23)35(11-15)21(36)16-3-1-2-4-17(16)25(30,31)32/h1-6,9,15,20H,7-8,10-11,13H2,(H,34,37)/t15-,20+/m1/s1. The summed E-state index contributed by atoms with van der Waals surface area (Å²) in [5.41, 5.74) is -3.33. The Labute approximate surface area is 239 Å². The molecule has 0 spiro atoms. The van der Waals surface area contributed by atoms with E-state index in [0.717, 1.165) is 30.3 Å². The van der Waals surface area contributed by atoms with E-state index in [1.807, 2.05) is 6.07 Å². The number of carbonyl (C=O) groups is 2. The van der Waals surface area contributed by atoms with Crippen molar-refractivity contribution < 1.29 is 53.8 Å². The van der Waals surface area contributed by atoms with Crippen molar-refractivity contribution in [3.8, 4) is 11.8 Å². The van der Waals surface area contributed by atoms with Crippen LogP contribution < -0.4 is 10.1 Å². The summed E-state index contributed by atoms with van der Waals surface area (Å²) in [6.45, 7) is -2.39. The van der Waals surface area contributed by atoms with Gasteiger partial charge in [-0.05, 0) is 37.1 Å². The first-order valence-electron chi connectivity index (χ1n) is 12.1. The molecule has 9 nitrogen and oxygen atoms in total. The summed E-state index contributed by atoms with van der Waals surface area (Å²) in [5, 5.41) is 9.44. The molecular formula is C25H20ClF6N3O6S. The third kappa shape index (κ3) is 6.84. The Bertz CT molecular complexity index is 1540. The molecule has 1 saturated carbocycles. The van der Waals surface area contributed by atoms with Crippen molar-refractivity contribution in [2.45, 2.75) is 53.5 Å². The summed E-state index contributed by atoms with van der Waals surface area (Å²) in [6, 6.07) is 8.30. The van der Waals surface area contributed by atoms with Gasteiger partial charge in [0.25, 0.3) is 5.91 Å². The zero-order chi connectivity index (χ0) is 31.1. The van der Waals surface area contributed by atoms with E-state index in [0.29, 0.717) is 23.8 Å². The van der Waals surface area contributed by atoms with Crippen LogP contribution >= 0.6 is 11.6 Å². The van der Waals surface area contributed by atoms with Crippen molar-refractivity contribution in [2.75, 3.05) is 13.2 Å². The number of sulfone groups is 1. The number of likely N-dealkylation sites (tertiary alicyclic amines) is 1. The smallest absolute Gasteiger partial charge is 0.422 e. The molecule has 1 heterocycles. The molecule has 2 aliphatic rings. The van der Waals surface area contributed by atoms with Gasteiger partial charge < -0.3 is 19.7 Å². The Hall–Kier alpha value is -3.71. The van der Waals surface area contributed by atoms with Gasteiger partial charge in [0.15, 0.2) is 22.7 Å². The number of carbonyl (C=O) groups excluding carboxylic acids is 2. The molecule has 1 N–H and O–H groups in total. The van der Waals surface area contributed by atoms with Crippen LogP contribution in [0.2, 0.25) is 5.02 Å². The van der Waals surface area contributed by atoms with Crippen molar-refractivity contribution in [2.24, 2.45) is 0 Å². The summed E-state index contributed by atoms with van der Waals surface area (Å²) >= 11 is 6.05. The largest absolute Gasteiger partial charge is 0.484 e. The summed E-state index contributed by atoms with van der Waals surface area (Å²) in [6.07, 6.45) is -12.4. The lowest BCUT2D eigenvalue weighted by atomic mass is 10.1. The molecule has 1 aliphatic heterocycles. The molecule has 1 aliphatic carbocycles. The van der Waals surface area contributed by atoms with E-state index in [9.17, 15) is 49.6 Å². The second-order valence-electron chi connectivity index (χ2n) is 9.58. The van der Waals surface area contributed by atoms with Gasteiger partial charge in [-0.3, -0.25) is 4.79 Å². The van der Waals surface area contributed by atoms with Gasteiger partial charge >= 0.3 is 18.4 Å². The van der Waals surface area contributed by atoms with Crippen molar-refractivity contribution in [3.05, 3.63) is 58.6 Å². The molecule has 0 radical (unpaired) electrons. The first-order valence-corrected chi connectivity index (χ1v) is 14.0. The van der Waals surface area contributed by atoms with E-state index in [-0.39, 0.29) is 5.75 Å². The van der Waals surface area contributed by atoms with Crippen LogP contribution in [0.3, 0.4) is 0 Å². The van der Waals surface area contributed by atoms with Crippen molar-refractivity contribution in [1.29, 1.82) is 5.26 Å². The number of benzene rings is 2. The first kappa shape index (κ1) is 31.2. The predicted octanol–water partition coefficient (Wildman–Crippen LogP) is 5.10. The fourth-order valence-corrected chi connectivity index (χ4v) is 6.49. The highest BCUT2D eigenvalue weighted by atomic mass is 35.5. The van der Waals surface area contributed by atoms with Gasteiger partial charge in [0.05, 0.1) is 32.4 Å². The van der Waals surface area contributed by atoms with Crippen LogP contribution in [-0.2, 0) is 20.8 Å². The lowest BCUT2D eigenvalue weighted by Crippen LogP contribution is -2.44. The van der Waals surface area contributed by atoms with Gasteiger partial charge in [0.2, 0.25) is 0 Å². The van der Waals surface area contributed by atoms with Crippen LogP contribution in [-0.4, -0.2) is 61.7 Å². The molecule has 2 aromatic carbocycles. The van der Waals surface area contributed by atoms with Crippen molar-refractivity contribution in [1.82, 2.24) is 10.2 Å². The molecule has 2 amide bonds. The van der Waals surface area contributed by atoms with Gasteiger partial charge in [-0.15, -0.1) is 0 Å². The van der Waals surface area contributed by atoms with Crippen LogP contribution in [0.1, 0.15) is 35.2 Å². The highest BCUT2D eigenvalue weighted by Crippen LogP contribution is 2.38. The number of hydrogen-bond donors (Lipinski definition) is 1. The number of alkyl carbamates (subject to hydrolysis) is 1. The molecule has 0 unspecified atom stereocenters. The maximum atomic E-state index is 13.6. The number of amides is 2. The molecule has 1 saturated heterocycles. The number of alkyl halides is 6. The lowest BCUT2D eigenvalue weighted by Gasteiger charge is -2.26. The Morgan fingerprint density at radius 3 is 2.36 bits per heavy atom. The molecular weight excluding hydrogens is 620 g/mol. The van der Waals surface area contributed by atoms with E-state index in [4.69, 9.17) is 16.3 Å². The average Bonchev–Trinajstić information content (AvgIpc) is 3.54. The molecule has 2 aromatic rings. The van der Waals surface area contributed by atoms with Crippen LogP contribution in [0.15, 0.2) is 47.4 Å². The third-order valence-electron chi connectivity index (χ3n) is 6.54. The number of rotatable bonds is 7. The van der Waals surface area contributed by atoms with Gasteiger partial charge in [0, 0.05) is 19.0 Å². The lowest BCUT2D eigenvalue weighted by molar-refractivity contribution is -0.153. The number of nitrogens with zero attached hydrogens (tertiary/aromatic N) is 2. The molecule has 0 aromatic heterocycles. The maximum absolute atomic E-state index is 13.6. The van der Waals surface area contributed by atoms with Crippen LogP contribution in [0.25, 0.3) is 0 Å². The van der Waals surface area contributed by atoms with Gasteiger partial charge in [0.1, 0.15) is 11.3 Å². The molecule has 4 rings (SSSR count). The molecule has 42 heavy (non-hydrogen) atoms. The highest BCUT2D eigenvalue weighted by Gasteiger charge is 2.49. The van der Waals surface area contributed by atoms with Crippen molar-refractivity contribution >= 4 is 33.4 Å². The minimum atomic E-state index is -4.94. The third-order valence-corrected chi connectivity index (χ3v) is 9.15. The van der Waals surface area contributed by atoms with Gasteiger partial charge in [-0.25, -0.2) is 13.2 Å². The summed E-state index contributed by atoms with van der Waals surface area (Å²) in [5.74, 6) is -1.66. The zero-order valence-corrected chi connectivity index (χ0v) is 22.7. The first-order chi connectivity index (χ1) is 19.5. The number of ether oxygens (including phenoxy) is 2. The summed E-state index contributed by atoms with van der Waals surface area (Å²) < 4.78 is 115. The van der Waals surface area contributed by atoms with Crippen LogP contribution in [0, 0.1) is 11.3 Å². The quantitative estimate of drug-likeness (QED) is 0.418. The zero-order valence-electron chi connectivity index (χ0n) is 21.1. The minimum Gasteiger partial charge on any atom is -0.484 e. The normalized spacial score (nSPS) is 20.0. The van der Waals surface area contributed by atoms with Crippen molar-refractivity contribution in [3.63, 3.8) is 0 Å². The Balaban J connectivity index is 1.63. The Morgan fingerprint density at radius 1 is 1.12 bits per heavy atom. The second kappa shape index (κ2) is 11.2. The van der Waals surface area contributed by atoms with Gasteiger partial charge in [-0.1, -0.05) is 23.7 Å².